The van der Waals surface area contributed by atoms with Crippen molar-refractivity contribution in [3.63, 3.8) is 0 Å². The molecule has 3 heteroatoms. The number of carbonyl (C=O) groups is 1. The van der Waals surface area contributed by atoms with Crippen molar-refractivity contribution in [2.45, 2.75) is 19.3 Å². The Morgan fingerprint density at radius 3 is 1.84 bits per heavy atom. The van der Waals surface area contributed by atoms with Crippen LogP contribution in [0.2, 0.25) is 0 Å². The largest absolute Gasteiger partial charge is 0.519 e. The molecule has 0 fully saturated rings. The number of hydrogen-bond donors (Lipinski definition) is 0. The Morgan fingerprint density at radius 2 is 1.37 bits per heavy atom. The molecular weight excluding hydrogens is 240 g/mol. The highest BCUT2D eigenvalue weighted by atomic mass is 16.7. The molecule has 3 nitrogen and oxygen atoms in total. The molecule has 0 spiro atoms. The van der Waals surface area contributed by atoms with Gasteiger partial charge >= 0.3 is 6.16 Å². The van der Waals surface area contributed by atoms with E-state index in [4.69, 9.17) is 9.47 Å². The van der Waals surface area contributed by atoms with Gasteiger partial charge < -0.3 is 9.47 Å². The first-order chi connectivity index (χ1) is 9.29. The number of rotatable bonds is 1. The second-order valence-corrected chi connectivity index (χ2v) is 4.49. The van der Waals surface area contributed by atoms with Gasteiger partial charge in [0.05, 0.1) is 0 Å². The Balaban J connectivity index is 2.21. The maximum atomic E-state index is 11.7. The summed E-state index contributed by atoms with van der Waals surface area (Å²) in [5.41, 5.74) is 2.04. The average molecular weight is 254 g/mol. The molecule has 1 aliphatic heterocycles. The summed E-state index contributed by atoms with van der Waals surface area (Å²) in [5, 5.41) is 0. The zero-order valence-electron chi connectivity index (χ0n) is 10.6. The van der Waals surface area contributed by atoms with Gasteiger partial charge in [-0.15, -0.1) is 0 Å². The van der Waals surface area contributed by atoms with Crippen LogP contribution >= 0.6 is 0 Å². The third kappa shape index (κ3) is 2.08. The Hall–Kier alpha value is -2.29. The molecule has 0 aliphatic carbocycles. The third-order valence-corrected chi connectivity index (χ3v) is 3.38. The minimum Gasteiger partial charge on any atom is -0.394 e. The van der Waals surface area contributed by atoms with Gasteiger partial charge in [-0.1, -0.05) is 43.3 Å². The van der Waals surface area contributed by atoms with Crippen LogP contribution in [-0.4, -0.2) is 6.16 Å². The fourth-order valence-corrected chi connectivity index (χ4v) is 2.53. The summed E-state index contributed by atoms with van der Waals surface area (Å²) in [6.45, 7) is 2.11. The van der Waals surface area contributed by atoms with Gasteiger partial charge in [0.15, 0.2) is 0 Å². The van der Waals surface area contributed by atoms with Gasteiger partial charge in [-0.25, -0.2) is 4.79 Å². The van der Waals surface area contributed by atoms with E-state index in [0.717, 1.165) is 17.5 Å². The number of fused-ring (bicyclic) bond motifs is 2. The number of ether oxygens (including phenoxy) is 2. The molecule has 0 saturated heterocycles. The second kappa shape index (κ2) is 4.76. The SMILES string of the molecule is CCC1c2ccccc2OC(=O)Oc2ccccc21. The van der Waals surface area contributed by atoms with Gasteiger partial charge in [-0.05, 0) is 18.6 Å². The van der Waals surface area contributed by atoms with E-state index in [-0.39, 0.29) is 5.92 Å². The smallest absolute Gasteiger partial charge is 0.394 e. The molecule has 0 unspecified atom stereocenters. The number of hydrogen-bond acceptors (Lipinski definition) is 3. The molecule has 0 amide bonds. The number of benzene rings is 2. The highest BCUT2D eigenvalue weighted by Gasteiger charge is 2.25. The van der Waals surface area contributed by atoms with Crippen LogP contribution < -0.4 is 9.47 Å². The first kappa shape index (κ1) is 11.8. The lowest BCUT2D eigenvalue weighted by Gasteiger charge is -2.23. The van der Waals surface area contributed by atoms with Crippen molar-refractivity contribution in [3.05, 3.63) is 59.7 Å². The first-order valence-corrected chi connectivity index (χ1v) is 6.37. The van der Waals surface area contributed by atoms with Crippen LogP contribution in [0.4, 0.5) is 4.79 Å². The Labute approximate surface area is 111 Å². The minimum absolute atomic E-state index is 0.167. The molecule has 2 aromatic carbocycles. The van der Waals surface area contributed by atoms with Crippen LogP contribution in [0.25, 0.3) is 0 Å². The van der Waals surface area contributed by atoms with E-state index < -0.39 is 6.16 Å². The van der Waals surface area contributed by atoms with Crippen LogP contribution in [0.1, 0.15) is 30.4 Å². The van der Waals surface area contributed by atoms with Crippen LogP contribution in [-0.2, 0) is 0 Å². The van der Waals surface area contributed by atoms with Crippen molar-refractivity contribution in [3.8, 4) is 11.5 Å². The molecule has 3 rings (SSSR count). The summed E-state index contributed by atoms with van der Waals surface area (Å²) in [5.74, 6) is 1.32. The fraction of sp³-hybridized carbons (Fsp3) is 0.188. The summed E-state index contributed by atoms with van der Waals surface area (Å²) < 4.78 is 10.5. The van der Waals surface area contributed by atoms with Crippen LogP contribution in [0.15, 0.2) is 48.5 Å². The highest BCUT2D eigenvalue weighted by Crippen LogP contribution is 2.40. The summed E-state index contributed by atoms with van der Waals surface area (Å²) in [7, 11) is 0. The lowest BCUT2D eigenvalue weighted by Crippen LogP contribution is -2.19. The van der Waals surface area contributed by atoms with E-state index in [1.54, 1.807) is 12.1 Å². The molecule has 96 valence electrons. The van der Waals surface area contributed by atoms with E-state index in [1.165, 1.54) is 0 Å². The van der Waals surface area contributed by atoms with Crippen LogP contribution in [0.3, 0.4) is 0 Å². The van der Waals surface area contributed by atoms with Gasteiger partial charge in [0.25, 0.3) is 0 Å². The van der Waals surface area contributed by atoms with Crippen molar-refractivity contribution < 1.29 is 14.3 Å². The van der Waals surface area contributed by atoms with E-state index in [9.17, 15) is 4.79 Å². The van der Waals surface area contributed by atoms with E-state index in [1.807, 2.05) is 36.4 Å². The zero-order valence-corrected chi connectivity index (χ0v) is 10.6. The predicted octanol–water partition coefficient (Wildman–Crippen LogP) is 4.12. The minimum atomic E-state index is -0.686. The van der Waals surface area contributed by atoms with Crippen LogP contribution in [0.5, 0.6) is 11.5 Å². The normalized spacial score (nSPS) is 14.5. The van der Waals surface area contributed by atoms with Crippen LogP contribution in [0, 0.1) is 0 Å². The molecule has 2 aromatic rings. The monoisotopic (exact) mass is 254 g/mol. The molecule has 0 radical (unpaired) electrons. The fourth-order valence-electron chi connectivity index (χ4n) is 2.53. The molecule has 0 N–H and O–H groups in total. The summed E-state index contributed by atoms with van der Waals surface area (Å²) in [4.78, 5) is 11.7. The quantitative estimate of drug-likeness (QED) is 0.567. The molecular formula is C16H14O3. The second-order valence-electron chi connectivity index (χ2n) is 4.49. The third-order valence-electron chi connectivity index (χ3n) is 3.38. The topological polar surface area (TPSA) is 35.5 Å². The average Bonchev–Trinajstić information content (AvgIpc) is 2.41. The maximum Gasteiger partial charge on any atom is 0.519 e. The molecule has 1 heterocycles. The van der Waals surface area contributed by atoms with Crippen molar-refractivity contribution in [2.75, 3.05) is 0 Å². The number of para-hydroxylation sites is 2. The zero-order chi connectivity index (χ0) is 13.2. The summed E-state index contributed by atoms with van der Waals surface area (Å²) in [6.07, 6.45) is 0.226. The van der Waals surface area contributed by atoms with Crippen molar-refractivity contribution in [1.82, 2.24) is 0 Å². The molecule has 0 saturated carbocycles. The van der Waals surface area contributed by atoms with E-state index >= 15 is 0 Å². The summed E-state index contributed by atoms with van der Waals surface area (Å²) >= 11 is 0. The highest BCUT2D eigenvalue weighted by molar-refractivity contribution is 5.70. The molecule has 0 aromatic heterocycles. The Bertz CT molecular complexity index is 567. The van der Waals surface area contributed by atoms with Gasteiger partial charge in [0.1, 0.15) is 11.5 Å². The molecule has 0 bridgehead atoms. The van der Waals surface area contributed by atoms with Crippen molar-refractivity contribution in [2.24, 2.45) is 0 Å². The molecule has 19 heavy (non-hydrogen) atoms. The molecule has 1 aliphatic rings. The maximum absolute atomic E-state index is 11.7. The van der Waals surface area contributed by atoms with Crippen molar-refractivity contribution >= 4 is 6.16 Å². The van der Waals surface area contributed by atoms with Gasteiger partial charge in [-0.3, -0.25) is 0 Å². The predicted molar refractivity (Wildman–Crippen MR) is 71.7 cm³/mol. The number of carbonyl (C=O) groups excluding carboxylic acids is 1. The van der Waals surface area contributed by atoms with Gasteiger partial charge in [0, 0.05) is 17.0 Å². The van der Waals surface area contributed by atoms with E-state index in [2.05, 4.69) is 6.92 Å². The first-order valence-electron chi connectivity index (χ1n) is 6.37. The van der Waals surface area contributed by atoms with Gasteiger partial charge in [0.2, 0.25) is 0 Å². The molecule has 0 atom stereocenters. The Kier molecular flexibility index (Phi) is 2.95. The van der Waals surface area contributed by atoms with Gasteiger partial charge in [-0.2, -0.15) is 0 Å². The summed E-state index contributed by atoms with van der Waals surface area (Å²) in [6, 6.07) is 15.2. The van der Waals surface area contributed by atoms with Crippen molar-refractivity contribution in [1.29, 1.82) is 0 Å². The lowest BCUT2D eigenvalue weighted by molar-refractivity contribution is 0.149. The standard InChI is InChI=1S/C16H14O3/c1-2-11-12-7-3-5-9-14(12)18-16(17)19-15-10-6-4-8-13(11)15/h3-11H,2H2,1H3. The Morgan fingerprint density at radius 1 is 0.895 bits per heavy atom. The lowest BCUT2D eigenvalue weighted by atomic mass is 9.88. The van der Waals surface area contributed by atoms with E-state index in [0.29, 0.717) is 11.5 Å².